The number of hydrogen-bond acceptors (Lipinski definition) is 7. The number of likely N-dealkylation sites (tertiary alicyclic amines) is 1. The maximum atomic E-state index is 13.6. The minimum absolute atomic E-state index is 0.0131. The van der Waals surface area contributed by atoms with Crippen molar-refractivity contribution in [3.8, 4) is 17.1 Å². The topological polar surface area (TPSA) is 84.9 Å². The van der Waals surface area contributed by atoms with Crippen molar-refractivity contribution in [2.75, 3.05) is 26.7 Å². The molecule has 1 aromatic carbocycles. The van der Waals surface area contributed by atoms with Crippen molar-refractivity contribution in [3.05, 3.63) is 76.4 Å². The molecule has 1 saturated carbocycles. The molecule has 4 heterocycles. The van der Waals surface area contributed by atoms with E-state index < -0.39 is 5.97 Å². The van der Waals surface area contributed by atoms with Crippen molar-refractivity contribution in [1.29, 1.82) is 0 Å². The summed E-state index contributed by atoms with van der Waals surface area (Å²) in [6.45, 7) is 7.05. The van der Waals surface area contributed by atoms with Gasteiger partial charge in [-0.2, -0.15) is 0 Å². The van der Waals surface area contributed by atoms with E-state index in [9.17, 15) is 14.0 Å². The molecular formula is C33H37FN4O4. The van der Waals surface area contributed by atoms with Crippen molar-refractivity contribution in [1.82, 2.24) is 19.8 Å². The number of rotatable bonds is 8. The second-order valence-corrected chi connectivity index (χ2v) is 11.8. The molecule has 2 fully saturated rings. The number of hydrogen-bond donors (Lipinski definition) is 0. The van der Waals surface area contributed by atoms with Gasteiger partial charge in [0.05, 0.1) is 30.2 Å². The van der Waals surface area contributed by atoms with Gasteiger partial charge in [0.2, 0.25) is 5.88 Å². The van der Waals surface area contributed by atoms with Gasteiger partial charge >= 0.3 is 5.97 Å². The number of carbonyl (C=O) groups is 2. The molecule has 0 spiro atoms. The highest BCUT2D eigenvalue weighted by Crippen LogP contribution is 2.45. The van der Waals surface area contributed by atoms with Crippen LogP contribution in [0.25, 0.3) is 11.3 Å². The molecule has 220 valence electrons. The minimum atomic E-state index is -0.494. The molecular weight excluding hydrogens is 535 g/mol. The lowest BCUT2D eigenvalue weighted by Gasteiger charge is -2.40. The summed E-state index contributed by atoms with van der Waals surface area (Å²) in [5.41, 5.74) is 5.55. The molecule has 2 aromatic heterocycles. The fraction of sp³-hybridized carbons (Fsp3) is 0.455. The highest BCUT2D eigenvalue weighted by molar-refractivity contribution is 5.97. The van der Waals surface area contributed by atoms with E-state index in [1.165, 1.54) is 24.8 Å². The molecule has 3 aromatic rings. The van der Waals surface area contributed by atoms with Gasteiger partial charge in [0.15, 0.2) is 0 Å². The van der Waals surface area contributed by atoms with Crippen LogP contribution in [-0.4, -0.2) is 70.5 Å². The fourth-order valence-electron chi connectivity index (χ4n) is 6.10. The maximum absolute atomic E-state index is 13.6. The third-order valence-corrected chi connectivity index (χ3v) is 8.41. The highest BCUT2D eigenvalue weighted by atomic mass is 19.1. The summed E-state index contributed by atoms with van der Waals surface area (Å²) in [7, 11) is 1.33. The summed E-state index contributed by atoms with van der Waals surface area (Å²) in [5, 5.41) is 0. The van der Waals surface area contributed by atoms with E-state index in [1.54, 1.807) is 24.3 Å². The van der Waals surface area contributed by atoms with Crippen molar-refractivity contribution in [2.45, 2.75) is 70.6 Å². The van der Waals surface area contributed by atoms with Gasteiger partial charge in [-0.3, -0.25) is 9.69 Å². The number of fused-ring (bicyclic) bond motifs is 1. The Morgan fingerprint density at radius 2 is 1.76 bits per heavy atom. The summed E-state index contributed by atoms with van der Waals surface area (Å²) in [6.07, 6.45) is 4.63. The second-order valence-electron chi connectivity index (χ2n) is 11.8. The van der Waals surface area contributed by atoms with Crippen LogP contribution in [0.4, 0.5) is 4.39 Å². The third kappa shape index (κ3) is 5.88. The van der Waals surface area contributed by atoms with E-state index in [4.69, 9.17) is 14.5 Å². The Morgan fingerprint density at radius 3 is 2.43 bits per heavy atom. The SMILES string of the molecule is COC(=O)c1ccc2c(n1)CCN(C1CCN(Cc3cc(C4CC4)c(-c4ccc(F)cc4)nc3OC(C)C)CC1)C2=O. The predicted octanol–water partition coefficient (Wildman–Crippen LogP) is 5.40. The first-order valence-corrected chi connectivity index (χ1v) is 14.9. The van der Waals surface area contributed by atoms with E-state index in [-0.39, 0.29) is 29.6 Å². The molecule has 6 rings (SSSR count). The number of aromatic nitrogens is 2. The fourth-order valence-corrected chi connectivity index (χ4v) is 6.10. The van der Waals surface area contributed by atoms with Crippen LogP contribution in [0.15, 0.2) is 42.5 Å². The van der Waals surface area contributed by atoms with Crippen LogP contribution in [-0.2, 0) is 17.7 Å². The van der Waals surface area contributed by atoms with Crippen molar-refractivity contribution >= 4 is 11.9 Å². The molecule has 1 saturated heterocycles. The summed E-state index contributed by atoms with van der Waals surface area (Å²) < 4.78 is 24.6. The normalized spacial score (nSPS) is 17.8. The Morgan fingerprint density at radius 1 is 1.02 bits per heavy atom. The number of halogens is 1. The van der Waals surface area contributed by atoms with Crippen LogP contribution in [0.1, 0.15) is 83.1 Å². The van der Waals surface area contributed by atoms with Gasteiger partial charge in [-0.25, -0.2) is 19.2 Å². The van der Waals surface area contributed by atoms with E-state index >= 15 is 0 Å². The number of pyridine rings is 2. The number of carbonyl (C=O) groups excluding carboxylic acids is 2. The van der Waals surface area contributed by atoms with Gasteiger partial charge in [0.25, 0.3) is 5.91 Å². The summed E-state index contributed by atoms with van der Waals surface area (Å²) >= 11 is 0. The molecule has 9 heteroatoms. The molecule has 1 aliphatic carbocycles. The largest absolute Gasteiger partial charge is 0.475 e. The maximum Gasteiger partial charge on any atom is 0.356 e. The molecule has 0 bridgehead atoms. The second kappa shape index (κ2) is 11.8. The van der Waals surface area contributed by atoms with Crippen LogP contribution in [0.2, 0.25) is 0 Å². The van der Waals surface area contributed by atoms with Crippen LogP contribution in [0.5, 0.6) is 5.88 Å². The first-order chi connectivity index (χ1) is 20.3. The van der Waals surface area contributed by atoms with Gasteiger partial charge < -0.3 is 14.4 Å². The zero-order chi connectivity index (χ0) is 29.4. The summed E-state index contributed by atoms with van der Waals surface area (Å²) in [4.78, 5) is 39.1. The van der Waals surface area contributed by atoms with Crippen molar-refractivity contribution in [2.24, 2.45) is 0 Å². The molecule has 1 amide bonds. The molecule has 42 heavy (non-hydrogen) atoms. The number of amides is 1. The lowest BCUT2D eigenvalue weighted by atomic mass is 9.96. The van der Waals surface area contributed by atoms with Crippen LogP contribution in [0, 0.1) is 5.82 Å². The van der Waals surface area contributed by atoms with E-state index in [1.807, 2.05) is 18.7 Å². The van der Waals surface area contributed by atoms with Crippen molar-refractivity contribution in [3.63, 3.8) is 0 Å². The average Bonchev–Trinajstić information content (AvgIpc) is 3.84. The molecule has 8 nitrogen and oxygen atoms in total. The lowest BCUT2D eigenvalue weighted by Crippen LogP contribution is -2.50. The molecule has 0 atom stereocenters. The van der Waals surface area contributed by atoms with Crippen LogP contribution >= 0.6 is 0 Å². The Labute approximate surface area is 245 Å². The Hall–Kier alpha value is -3.85. The minimum Gasteiger partial charge on any atom is -0.475 e. The number of esters is 1. The molecule has 0 radical (unpaired) electrons. The van der Waals surface area contributed by atoms with E-state index in [2.05, 4.69) is 16.0 Å². The van der Waals surface area contributed by atoms with Gasteiger partial charge in [0, 0.05) is 49.8 Å². The number of nitrogens with zero attached hydrogens (tertiary/aromatic N) is 4. The van der Waals surface area contributed by atoms with Crippen LogP contribution in [0.3, 0.4) is 0 Å². The summed E-state index contributed by atoms with van der Waals surface area (Å²) in [6, 6.07) is 12.2. The first-order valence-electron chi connectivity index (χ1n) is 14.9. The Kier molecular flexibility index (Phi) is 7.94. The zero-order valence-corrected chi connectivity index (χ0v) is 24.4. The van der Waals surface area contributed by atoms with Crippen molar-refractivity contribution < 1.29 is 23.5 Å². The highest BCUT2D eigenvalue weighted by Gasteiger charge is 2.34. The third-order valence-electron chi connectivity index (χ3n) is 8.41. The smallest absolute Gasteiger partial charge is 0.356 e. The standard InChI is InChI=1S/C33H37FN4O4/c1-20(2)42-31-23(18-27(21-4-5-21)30(36-31)22-6-8-24(34)9-7-22)19-37-15-12-25(13-16-37)38-17-14-28-26(32(38)39)10-11-29(35-28)33(40)41-3/h6-11,18,20-21,25H,4-5,12-17,19H2,1-3H3. The number of benzene rings is 1. The molecule has 0 N–H and O–H groups in total. The van der Waals surface area contributed by atoms with Gasteiger partial charge in [-0.05, 0) is 93.5 Å². The summed E-state index contributed by atoms with van der Waals surface area (Å²) in [5.74, 6) is 0.344. The lowest BCUT2D eigenvalue weighted by molar-refractivity contribution is 0.0535. The number of methoxy groups -OCH3 is 1. The average molecular weight is 573 g/mol. The molecule has 2 aliphatic heterocycles. The van der Waals surface area contributed by atoms with Gasteiger partial charge in [0.1, 0.15) is 11.5 Å². The first kappa shape index (κ1) is 28.3. The van der Waals surface area contributed by atoms with E-state index in [0.717, 1.165) is 62.1 Å². The molecule has 0 unspecified atom stereocenters. The van der Waals surface area contributed by atoms with E-state index in [0.29, 0.717) is 36.0 Å². The van der Waals surface area contributed by atoms with Gasteiger partial charge in [-0.15, -0.1) is 0 Å². The molecule has 3 aliphatic rings. The zero-order valence-electron chi connectivity index (χ0n) is 24.4. The number of piperidine rings is 1. The quantitative estimate of drug-likeness (QED) is 0.334. The number of ether oxygens (including phenoxy) is 2. The Bertz CT molecular complexity index is 1480. The monoisotopic (exact) mass is 572 g/mol. The predicted molar refractivity (Wildman–Crippen MR) is 156 cm³/mol. The Balaban J connectivity index is 1.16. The van der Waals surface area contributed by atoms with Gasteiger partial charge in [-0.1, -0.05) is 0 Å². The van der Waals surface area contributed by atoms with Crippen LogP contribution < -0.4 is 4.74 Å².